The minimum atomic E-state index is -0.201. The summed E-state index contributed by atoms with van der Waals surface area (Å²) in [5.41, 5.74) is 3.39. The lowest BCUT2D eigenvalue weighted by molar-refractivity contribution is -0.139. The lowest BCUT2D eigenvalue weighted by atomic mass is 10.1. The Bertz CT molecular complexity index is 540. The van der Waals surface area contributed by atoms with Gasteiger partial charge in [0.15, 0.2) is 0 Å². The number of aromatic nitrogens is 1. The maximum Gasteiger partial charge on any atom is 0.310 e. The van der Waals surface area contributed by atoms with Gasteiger partial charge in [-0.25, -0.2) is 0 Å². The Kier molecular flexibility index (Phi) is 2.69. The van der Waals surface area contributed by atoms with Gasteiger partial charge < -0.3 is 9.30 Å². The number of carbonyl (C=O) groups excluding carboxylic acids is 1. The van der Waals surface area contributed by atoms with Gasteiger partial charge in [0.1, 0.15) is 0 Å². The topological polar surface area (TPSA) is 31.2 Å². The van der Waals surface area contributed by atoms with E-state index < -0.39 is 0 Å². The molecule has 0 fully saturated rings. The van der Waals surface area contributed by atoms with Crippen molar-refractivity contribution in [3.63, 3.8) is 0 Å². The van der Waals surface area contributed by atoms with Crippen molar-refractivity contribution in [1.82, 2.24) is 4.57 Å². The normalized spacial score (nSPS) is 10.7. The Morgan fingerprint density at radius 3 is 2.88 bits per heavy atom. The molecule has 0 saturated heterocycles. The summed E-state index contributed by atoms with van der Waals surface area (Å²) in [6, 6.07) is 6.24. The summed E-state index contributed by atoms with van der Waals surface area (Å²) < 4.78 is 6.73. The van der Waals surface area contributed by atoms with E-state index in [2.05, 4.69) is 29.9 Å². The van der Waals surface area contributed by atoms with Crippen LogP contribution in [0.5, 0.6) is 0 Å². The highest BCUT2D eigenvalue weighted by Gasteiger charge is 2.10. The van der Waals surface area contributed by atoms with Gasteiger partial charge in [-0.3, -0.25) is 4.79 Å². The zero-order valence-corrected chi connectivity index (χ0v) is 9.78. The van der Waals surface area contributed by atoms with Crippen LogP contribution < -0.4 is 0 Å². The number of carbonyl (C=O) groups is 1. The van der Waals surface area contributed by atoms with Gasteiger partial charge >= 0.3 is 5.97 Å². The molecule has 0 spiro atoms. The molecular formula is C13H15NO2. The molecule has 0 aliphatic heterocycles. The van der Waals surface area contributed by atoms with Gasteiger partial charge in [-0.2, -0.15) is 0 Å². The average Bonchev–Trinajstić information content (AvgIpc) is 2.55. The molecular weight excluding hydrogens is 202 g/mol. The van der Waals surface area contributed by atoms with Gasteiger partial charge in [-0.15, -0.1) is 0 Å². The first kappa shape index (κ1) is 10.7. The van der Waals surface area contributed by atoms with E-state index in [1.165, 1.54) is 12.7 Å². The fourth-order valence-corrected chi connectivity index (χ4v) is 1.95. The summed E-state index contributed by atoms with van der Waals surface area (Å²) in [5.74, 6) is -0.201. The van der Waals surface area contributed by atoms with Crippen molar-refractivity contribution in [3.05, 3.63) is 35.5 Å². The Balaban J connectivity index is 2.51. The van der Waals surface area contributed by atoms with Crippen molar-refractivity contribution in [2.45, 2.75) is 13.3 Å². The van der Waals surface area contributed by atoms with Crippen molar-refractivity contribution in [3.8, 4) is 0 Å². The minimum absolute atomic E-state index is 0.201. The third-order valence-corrected chi connectivity index (χ3v) is 2.79. The molecule has 1 aromatic carbocycles. The molecule has 0 bridgehead atoms. The monoisotopic (exact) mass is 217 g/mol. The molecule has 0 N–H and O–H groups in total. The lowest BCUT2D eigenvalue weighted by Gasteiger charge is -1.98. The second-order valence-electron chi connectivity index (χ2n) is 4.04. The number of nitrogens with zero attached hydrogens (tertiary/aromatic N) is 1. The quantitative estimate of drug-likeness (QED) is 0.722. The zero-order valence-electron chi connectivity index (χ0n) is 9.78. The molecule has 0 amide bonds. The molecule has 2 aromatic rings. The van der Waals surface area contributed by atoms with Crippen molar-refractivity contribution < 1.29 is 9.53 Å². The number of ether oxygens (including phenoxy) is 1. The van der Waals surface area contributed by atoms with Crippen LogP contribution in [0.3, 0.4) is 0 Å². The van der Waals surface area contributed by atoms with Gasteiger partial charge in [-0.05, 0) is 24.1 Å². The van der Waals surface area contributed by atoms with Gasteiger partial charge in [0, 0.05) is 24.1 Å². The van der Waals surface area contributed by atoms with Crippen LogP contribution in [-0.2, 0) is 23.0 Å². The fourth-order valence-electron chi connectivity index (χ4n) is 1.95. The summed E-state index contributed by atoms with van der Waals surface area (Å²) in [7, 11) is 3.40. The number of fused-ring (bicyclic) bond motifs is 1. The van der Waals surface area contributed by atoms with Crippen LogP contribution in [-0.4, -0.2) is 17.6 Å². The fraction of sp³-hybridized carbons (Fsp3) is 0.308. The predicted octanol–water partition coefficient (Wildman–Crippen LogP) is 2.20. The Morgan fingerprint density at radius 1 is 1.44 bits per heavy atom. The molecule has 1 aromatic heterocycles. The highest BCUT2D eigenvalue weighted by molar-refractivity contribution is 5.88. The maximum absolute atomic E-state index is 11.3. The molecule has 84 valence electrons. The number of hydrogen-bond acceptors (Lipinski definition) is 2. The first-order chi connectivity index (χ1) is 7.61. The first-order valence-electron chi connectivity index (χ1n) is 5.23. The van der Waals surface area contributed by atoms with Crippen molar-refractivity contribution >= 4 is 16.9 Å². The smallest absolute Gasteiger partial charge is 0.310 e. The van der Waals surface area contributed by atoms with Gasteiger partial charge in [0.05, 0.1) is 13.5 Å². The van der Waals surface area contributed by atoms with Crippen molar-refractivity contribution in [1.29, 1.82) is 0 Å². The molecule has 2 rings (SSSR count). The van der Waals surface area contributed by atoms with Crippen LogP contribution >= 0.6 is 0 Å². The SMILES string of the molecule is COC(=O)Cc1cn(C)c2cc(C)ccc12. The average molecular weight is 217 g/mol. The molecule has 16 heavy (non-hydrogen) atoms. The summed E-state index contributed by atoms with van der Waals surface area (Å²) in [5, 5.41) is 1.12. The molecule has 0 saturated carbocycles. The number of methoxy groups -OCH3 is 1. The molecule has 0 unspecified atom stereocenters. The summed E-state index contributed by atoms with van der Waals surface area (Å²) >= 11 is 0. The molecule has 1 heterocycles. The number of hydrogen-bond donors (Lipinski definition) is 0. The first-order valence-corrected chi connectivity index (χ1v) is 5.23. The molecule has 0 atom stereocenters. The second kappa shape index (κ2) is 4.00. The summed E-state index contributed by atoms with van der Waals surface area (Å²) in [6.45, 7) is 2.06. The predicted molar refractivity (Wildman–Crippen MR) is 63.4 cm³/mol. The maximum atomic E-state index is 11.3. The highest BCUT2D eigenvalue weighted by Crippen LogP contribution is 2.22. The van der Waals surface area contributed by atoms with E-state index in [-0.39, 0.29) is 5.97 Å². The van der Waals surface area contributed by atoms with E-state index in [1.54, 1.807) is 0 Å². The Labute approximate surface area is 94.6 Å². The van der Waals surface area contributed by atoms with Crippen LogP contribution in [0, 0.1) is 6.92 Å². The van der Waals surface area contributed by atoms with E-state index >= 15 is 0 Å². The lowest BCUT2D eigenvalue weighted by Crippen LogP contribution is -2.03. The Hall–Kier alpha value is -1.77. The highest BCUT2D eigenvalue weighted by atomic mass is 16.5. The van der Waals surface area contributed by atoms with Crippen LogP contribution in [0.15, 0.2) is 24.4 Å². The van der Waals surface area contributed by atoms with E-state index in [0.717, 1.165) is 16.5 Å². The molecule has 0 radical (unpaired) electrons. The summed E-state index contributed by atoms with van der Waals surface area (Å²) in [6.07, 6.45) is 2.32. The van der Waals surface area contributed by atoms with Crippen LogP contribution in [0.1, 0.15) is 11.1 Å². The number of aryl methyl sites for hydroxylation is 2. The van der Waals surface area contributed by atoms with Crippen LogP contribution in [0.25, 0.3) is 10.9 Å². The molecule has 0 aliphatic rings. The van der Waals surface area contributed by atoms with E-state index in [1.807, 2.05) is 17.8 Å². The van der Waals surface area contributed by atoms with Crippen LogP contribution in [0.2, 0.25) is 0 Å². The van der Waals surface area contributed by atoms with Gasteiger partial charge in [0.25, 0.3) is 0 Å². The molecule has 0 aliphatic carbocycles. The van der Waals surface area contributed by atoms with Gasteiger partial charge in [0.2, 0.25) is 0 Å². The number of benzene rings is 1. The van der Waals surface area contributed by atoms with Crippen LogP contribution in [0.4, 0.5) is 0 Å². The minimum Gasteiger partial charge on any atom is -0.469 e. The van der Waals surface area contributed by atoms with E-state index in [0.29, 0.717) is 6.42 Å². The largest absolute Gasteiger partial charge is 0.469 e. The number of esters is 1. The van der Waals surface area contributed by atoms with E-state index in [4.69, 9.17) is 0 Å². The standard InChI is InChI=1S/C13H15NO2/c1-9-4-5-11-10(7-13(15)16-3)8-14(2)12(11)6-9/h4-6,8H,7H2,1-3H3. The third kappa shape index (κ3) is 1.81. The number of rotatable bonds is 2. The van der Waals surface area contributed by atoms with Crippen molar-refractivity contribution in [2.75, 3.05) is 7.11 Å². The summed E-state index contributed by atoms with van der Waals surface area (Å²) in [4.78, 5) is 11.3. The molecule has 3 nitrogen and oxygen atoms in total. The van der Waals surface area contributed by atoms with Crippen molar-refractivity contribution in [2.24, 2.45) is 7.05 Å². The third-order valence-electron chi connectivity index (χ3n) is 2.79. The zero-order chi connectivity index (χ0) is 11.7. The molecule has 3 heteroatoms. The van der Waals surface area contributed by atoms with Gasteiger partial charge in [-0.1, -0.05) is 12.1 Å². The second-order valence-corrected chi connectivity index (χ2v) is 4.04. The Morgan fingerprint density at radius 2 is 2.19 bits per heavy atom. The van der Waals surface area contributed by atoms with E-state index in [9.17, 15) is 4.79 Å².